The molecular formula is C16H24N2O. The van der Waals surface area contributed by atoms with E-state index in [0.717, 1.165) is 32.0 Å². The molecule has 1 aliphatic carbocycles. The second-order valence-electron chi connectivity index (χ2n) is 5.97. The van der Waals surface area contributed by atoms with Crippen LogP contribution in [0.5, 0.6) is 0 Å². The SMILES string of the molecule is NNC(C1CCC1)C1(c2ccccc2)CCOCC1. The van der Waals surface area contributed by atoms with E-state index in [1.807, 2.05) is 0 Å². The predicted octanol–water partition coefficient (Wildman–Crippen LogP) is 2.37. The second-order valence-corrected chi connectivity index (χ2v) is 5.97. The number of rotatable bonds is 4. The standard InChI is InChI=1S/C16H24N2O/c17-18-15(13-5-4-6-13)16(9-11-19-12-10-16)14-7-2-1-3-8-14/h1-3,7-8,13,15,18H,4-6,9-12,17H2. The monoisotopic (exact) mass is 260 g/mol. The number of hydrazine groups is 1. The molecule has 2 aliphatic rings. The Labute approximate surface area is 115 Å². The van der Waals surface area contributed by atoms with Gasteiger partial charge < -0.3 is 4.74 Å². The fraction of sp³-hybridized carbons (Fsp3) is 0.625. The van der Waals surface area contributed by atoms with E-state index in [0.29, 0.717) is 6.04 Å². The molecule has 1 atom stereocenters. The van der Waals surface area contributed by atoms with Crippen LogP contribution in [0, 0.1) is 5.92 Å². The average Bonchev–Trinajstić information content (AvgIpc) is 2.44. The highest BCUT2D eigenvalue weighted by atomic mass is 16.5. The van der Waals surface area contributed by atoms with Gasteiger partial charge in [-0.1, -0.05) is 36.8 Å². The molecule has 3 rings (SSSR count). The lowest BCUT2D eigenvalue weighted by Crippen LogP contribution is -2.58. The van der Waals surface area contributed by atoms with Gasteiger partial charge in [0.25, 0.3) is 0 Å². The lowest BCUT2D eigenvalue weighted by atomic mass is 9.61. The van der Waals surface area contributed by atoms with Crippen LogP contribution in [0.15, 0.2) is 30.3 Å². The molecule has 3 heteroatoms. The van der Waals surface area contributed by atoms with Gasteiger partial charge in [-0.05, 0) is 37.2 Å². The first-order valence-electron chi connectivity index (χ1n) is 7.46. The predicted molar refractivity (Wildman–Crippen MR) is 76.6 cm³/mol. The van der Waals surface area contributed by atoms with Crippen molar-refractivity contribution < 1.29 is 4.74 Å². The Balaban J connectivity index is 1.95. The first kappa shape index (κ1) is 13.1. The van der Waals surface area contributed by atoms with E-state index < -0.39 is 0 Å². The minimum atomic E-state index is 0.152. The summed E-state index contributed by atoms with van der Waals surface area (Å²) < 4.78 is 5.60. The van der Waals surface area contributed by atoms with Gasteiger partial charge in [0.1, 0.15) is 0 Å². The minimum Gasteiger partial charge on any atom is -0.381 e. The Kier molecular flexibility index (Phi) is 3.87. The lowest BCUT2D eigenvalue weighted by molar-refractivity contribution is 0.0138. The molecule has 0 spiro atoms. The summed E-state index contributed by atoms with van der Waals surface area (Å²) in [6.07, 6.45) is 6.11. The van der Waals surface area contributed by atoms with Crippen LogP contribution in [0.1, 0.15) is 37.7 Å². The smallest absolute Gasteiger partial charge is 0.0475 e. The molecule has 1 aromatic rings. The van der Waals surface area contributed by atoms with Crippen molar-refractivity contribution in [1.29, 1.82) is 0 Å². The molecule has 3 nitrogen and oxygen atoms in total. The Morgan fingerprint density at radius 3 is 2.37 bits per heavy atom. The highest BCUT2D eigenvalue weighted by molar-refractivity contribution is 5.29. The summed E-state index contributed by atoms with van der Waals surface area (Å²) in [6.45, 7) is 1.69. The molecule has 0 aromatic heterocycles. The summed E-state index contributed by atoms with van der Waals surface area (Å²) in [5.74, 6) is 6.67. The molecular weight excluding hydrogens is 236 g/mol. The van der Waals surface area contributed by atoms with Crippen molar-refractivity contribution in [2.24, 2.45) is 11.8 Å². The van der Waals surface area contributed by atoms with Gasteiger partial charge >= 0.3 is 0 Å². The third kappa shape index (κ3) is 2.31. The Morgan fingerprint density at radius 1 is 1.16 bits per heavy atom. The lowest BCUT2D eigenvalue weighted by Gasteiger charge is -2.49. The molecule has 0 radical (unpaired) electrons. The van der Waals surface area contributed by atoms with Gasteiger partial charge in [-0.3, -0.25) is 11.3 Å². The molecule has 19 heavy (non-hydrogen) atoms. The van der Waals surface area contributed by atoms with Crippen molar-refractivity contribution in [3.8, 4) is 0 Å². The summed E-state index contributed by atoms with van der Waals surface area (Å²) in [7, 11) is 0. The third-order valence-electron chi connectivity index (χ3n) is 5.13. The van der Waals surface area contributed by atoms with Gasteiger partial charge in [0.2, 0.25) is 0 Å². The zero-order chi connectivity index (χ0) is 13.1. The van der Waals surface area contributed by atoms with Crippen LogP contribution >= 0.6 is 0 Å². The molecule has 104 valence electrons. The summed E-state index contributed by atoms with van der Waals surface area (Å²) in [4.78, 5) is 0. The maximum Gasteiger partial charge on any atom is 0.0475 e. The van der Waals surface area contributed by atoms with Gasteiger partial charge in [0.15, 0.2) is 0 Å². The van der Waals surface area contributed by atoms with Crippen molar-refractivity contribution in [2.45, 2.75) is 43.6 Å². The van der Waals surface area contributed by atoms with Crippen LogP contribution in [-0.4, -0.2) is 19.3 Å². The highest BCUT2D eigenvalue weighted by Gasteiger charge is 2.46. The van der Waals surface area contributed by atoms with Crippen LogP contribution in [0.4, 0.5) is 0 Å². The molecule has 1 aromatic carbocycles. The molecule has 1 aliphatic heterocycles. The van der Waals surface area contributed by atoms with E-state index in [-0.39, 0.29) is 5.41 Å². The van der Waals surface area contributed by atoms with Gasteiger partial charge in [-0.15, -0.1) is 0 Å². The summed E-state index contributed by atoms with van der Waals surface area (Å²) in [5, 5.41) is 0. The van der Waals surface area contributed by atoms with E-state index in [4.69, 9.17) is 10.6 Å². The molecule has 0 amide bonds. The Hall–Kier alpha value is -0.900. The number of ether oxygens (including phenoxy) is 1. The topological polar surface area (TPSA) is 47.3 Å². The van der Waals surface area contributed by atoms with Crippen molar-refractivity contribution in [1.82, 2.24) is 5.43 Å². The fourth-order valence-corrected chi connectivity index (χ4v) is 3.80. The van der Waals surface area contributed by atoms with Gasteiger partial charge in [0, 0.05) is 24.7 Å². The molecule has 0 bridgehead atoms. The molecule has 1 heterocycles. The van der Waals surface area contributed by atoms with Crippen molar-refractivity contribution >= 4 is 0 Å². The number of nitrogens with one attached hydrogen (secondary N) is 1. The van der Waals surface area contributed by atoms with E-state index in [2.05, 4.69) is 35.8 Å². The van der Waals surface area contributed by atoms with Gasteiger partial charge in [0.05, 0.1) is 0 Å². The molecule has 3 N–H and O–H groups in total. The quantitative estimate of drug-likeness (QED) is 0.645. The van der Waals surface area contributed by atoms with E-state index in [1.165, 1.54) is 24.8 Å². The number of benzene rings is 1. The first-order chi connectivity index (χ1) is 9.37. The van der Waals surface area contributed by atoms with Crippen molar-refractivity contribution in [3.63, 3.8) is 0 Å². The van der Waals surface area contributed by atoms with Crippen molar-refractivity contribution in [2.75, 3.05) is 13.2 Å². The van der Waals surface area contributed by atoms with E-state index in [9.17, 15) is 0 Å². The largest absolute Gasteiger partial charge is 0.381 e. The molecule has 1 saturated carbocycles. The summed E-state index contributed by atoms with van der Waals surface area (Å²) in [6, 6.07) is 11.3. The van der Waals surface area contributed by atoms with Gasteiger partial charge in [-0.25, -0.2) is 0 Å². The second kappa shape index (κ2) is 5.61. The number of hydrogen-bond acceptors (Lipinski definition) is 3. The fourth-order valence-electron chi connectivity index (χ4n) is 3.80. The average molecular weight is 260 g/mol. The minimum absolute atomic E-state index is 0.152. The van der Waals surface area contributed by atoms with E-state index in [1.54, 1.807) is 0 Å². The number of nitrogens with two attached hydrogens (primary N) is 1. The Bertz CT molecular complexity index is 396. The highest BCUT2D eigenvalue weighted by Crippen LogP contribution is 2.45. The molecule has 1 saturated heterocycles. The van der Waals surface area contributed by atoms with E-state index >= 15 is 0 Å². The first-order valence-corrected chi connectivity index (χ1v) is 7.46. The molecule has 1 unspecified atom stereocenters. The maximum absolute atomic E-state index is 5.95. The Morgan fingerprint density at radius 2 is 1.84 bits per heavy atom. The zero-order valence-electron chi connectivity index (χ0n) is 11.5. The van der Waals surface area contributed by atoms with Crippen LogP contribution in [0.25, 0.3) is 0 Å². The van der Waals surface area contributed by atoms with Crippen LogP contribution in [0.2, 0.25) is 0 Å². The normalized spacial score (nSPS) is 24.7. The summed E-state index contributed by atoms with van der Waals surface area (Å²) in [5.41, 5.74) is 4.73. The van der Waals surface area contributed by atoms with Crippen LogP contribution in [0.3, 0.4) is 0 Å². The van der Waals surface area contributed by atoms with Crippen molar-refractivity contribution in [3.05, 3.63) is 35.9 Å². The van der Waals surface area contributed by atoms with Gasteiger partial charge in [-0.2, -0.15) is 0 Å². The third-order valence-corrected chi connectivity index (χ3v) is 5.13. The zero-order valence-corrected chi connectivity index (χ0v) is 11.5. The summed E-state index contributed by atoms with van der Waals surface area (Å²) >= 11 is 0. The van der Waals surface area contributed by atoms with Crippen LogP contribution in [-0.2, 0) is 10.2 Å². The van der Waals surface area contributed by atoms with Crippen LogP contribution < -0.4 is 11.3 Å². The molecule has 2 fully saturated rings. The number of hydrogen-bond donors (Lipinski definition) is 2. The maximum atomic E-state index is 5.95.